The fraction of sp³-hybridized carbons (Fsp3) is 0.296. The van der Waals surface area contributed by atoms with Gasteiger partial charge in [-0.1, -0.05) is 60.7 Å². The van der Waals surface area contributed by atoms with Crippen LogP contribution in [0.2, 0.25) is 0 Å². The maximum Gasteiger partial charge on any atom is 0.244 e. The van der Waals surface area contributed by atoms with Gasteiger partial charge in [0.1, 0.15) is 16.7 Å². The van der Waals surface area contributed by atoms with E-state index in [2.05, 4.69) is 16.1 Å². The van der Waals surface area contributed by atoms with Crippen LogP contribution < -0.4 is 14.8 Å². The number of sulfonamides is 1. The van der Waals surface area contributed by atoms with Crippen LogP contribution in [0, 0.1) is 6.92 Å². The number of hydrogen-bond acceptors (Lipinski definition) is 4. The molecule has 2 N–H and O–H groups in total. The zero-order valence-electron chi connectivity index (χ0n) is 19.5. The first kappa shape index (κ1) is 24.0. The van der Waals surface area contributed by atoms with Crippen LogP contribution in [0.3, 0.4) is 0 Å². The fourth-order valence-electron chi connectivity index (χ4n) is 4.46. The standard InChI is InChI=1S/C27H30N2O4S/c1-19-15-16-25(33-2)26(17-19)34(31,32)29-24(18-20-9-4-3-5-10-20)27(30)28-23-14-8-12-21-11-6-7-13-22(21)23/h3-7,9-11,13,15-17,23-24,29H,8,12,14,18H2,1-2H3,(H,28,30)/t23-,24+/m1/s1. The molecule has 0 unspecified atom stereocenters. The van der Waals surface area contributed by atoms with Crippen LogP contribution in [0.5, 0.6) is 5.75 Å². The van der Waals surface area contributed by atoms with E-state index in [0.29, 0.717) is 0 Å². The van der Waals surface area contributed by atoms with Crippen LogP contribution in [0.25, 0.3) is 0 Å². The molecule has 0 aliphatic heterocycles. The van der Waals surface area contributed by atoms with Gasteiger partial charge in [-0.05, 0) is 67.0 Å². The number of methoxy groups -OCH3 is 1. The minimum Gasteiger partial charge on any atom is -0.495 e. The van der Waals surface area contributed by atoms with Gasteiger partial charge in [0.25, 0.3) is 0 Å². The second-order valence-corrected chi connectivity index (χ2v) is 10.4. The Morgan fingerprint density at radius 1 is 1.06 bits per heavy atom. The predicted octanol–water partition coefficient (Wildman–Crippen LogP) is 4.09. The molecular formula is C27H30N2O4S. The largest absolute Gasteiger partial charge is 0.495 e. The first-order valence-electron chi connectivity index (χ1n) is 11.5. The average Bonchev–Trinajstić information content (AvgIpc) is 2.84. The number of benzene rings is 3. The van der Waals surface area contributed by atoms with Crippen molar-refractivity contribution in [3.05, 3.63) is 95.1 Å². The number of nitrogens with one attached hydrogen (secondary N) is 2. The number of carbonyl (C=O) groups excluding carboxylic acids is 1. The number of carbonyl (C=O) groups is 1. The molecule has 4 rings (SSSR count). The monoisotopic (exact) mass is 478 g/mol. The summed E-state index contributed by atoms with van der Waals surface area (Å²) in [6.07, 6.45) is 3.00. The Morgan fingerprint density at radius 2 is 1.79 bits per heavy atom. The molecule has 34 heavy (non-hydrogen) atoms. The molecule has 0 saturated carbocycles. The van der Waals surface area contributed by atoms with Crippen molar-refractivity contribution in [1.82, 2.24) is 10.0 Å². The number of amides is 1. The first-order valence-corrected chi connectivity index (χ1v) is 12.9. The van der Waals surface area contributed by atoms with Gasteiger partial charge in [0.05, 0.1) is 13.2 Å². The molecule has 0 fully saturated rings. The Labute approximate surface area is 201 Å². The molecule has 0 spiro atoms. The lowest BCUT2D eigenvalue weighted by molar-refractivity contribution is -0.123. The number of rotatable bonds is 8. The first-order chi connectivity index (χ1) is 16.4. The summed E-state index contributed by atoms with van der Waals surface area (Å²) < 4.78 is 34.7. The van der Waals surface area contributed by atoms with Gasteiger partial charge in [-0.15, -0.1) is 0 Å². The molecule has 6 nitrogen and oxygen atoms in total. The average molecular weight is 479 g/mol. The van der Waals surface area contributed by atoms with Crippen molar-refractivity contribution in [3.63, 3.8) is 0 Å². The van der Waals surface area contributed by atoms with E-state index >= 15 is 0 Å². The topological polar surface area (TPSA) is 84.5 Å². The van der Waals surface area contributed by atoms with Crippen LogP contribution in [0.15, 0.2) is 77.7 Å². The van der Waals surface area contributed by atoms with Gasteiger partial charge in [0.2, 0.25) is 15.9 Å². The zero-order chi connectivity index (χ0) is 24.1. The van der Waals surface area contributed by atoms with Crippen LogP contribution in [-0.4, -0.2) is 27.5 Å². The van der Waals surface area contributed by atoms with Crippen LogP contribution >= 0.6 is 0 Å². The third-order valence-corrected chi connectivity index (χ3v) is 7.68. The maximum atomic E-state index is 13.5. The van der Waals surface area contributed by atoms with Crippen LogP contribution in [-0.2, 0) is 27.7 Å². The molecule has 0 radical (unpaired) electrons. The Kier molecular flexibility index (Phi) is 7.34. The molecule has 1 aliphatic carbocycles. The van der Waals surface area contributed by atoms with Gasteiger partial charge in [-0.2, -0.15) is 4.72 Å². The van der Waals surface area contributed by atoms with Gasteiger partial charge >= 0.3 is 0 Å². The summed E-state index contributed by atoms with van der Waals surface area (Å²) in [4.78, 5) is 13.5. The third kappa shape index (κ3) is 5.48. The fourth-order valence-corrected chi connectivity index (χ4v) is 5.91. The Balaban J connectivity index is 1.62. The molecule has 3 aromatic carbocycles. The van der Waals surface area contributed by atoms with E-state index in [1.165, 1.54) is 12.7 Å². The number of fused-ring (bicyclic) bond motifs is 1. The molecule has 2 atom stereocenters. The van der Waals surface area contributed by atoms with Crippen molar-refractivity contribution in [2.45, 2.75) is 49.6 Å². The van der Waals surface area contributed by atoms with Gasteiger partial charge in [0, 0.05) is 0 Å². The van der Waals surface area contributed by atoms with Crippen molar-refractivity contribution < 1.29 is 17.9 Å². The number of hydrogen-bond donors (Lipinski definition) is 2. The van der Waals surface area contributed by atoms with Gasteiger partial charge in [-0.3, -0.25) is 4.79 Å². The van der Waals surface area contributed by atoms with Crippen molar-refractivity contribution in [1.29, 1.82) is 0 Å². The SMILES string of the molecule is COc1ccc(C)cc1S(=O)(=O)N[C@@H](Cc1ccccc1)C(=O)N[C@@H]1CCCc2ccccc21. The summed E-state index contributed by atoms with van der Waals surface area (Å²) in [5, 5.41) is 3.11. The smallest absolute Gasteiger partial charge is 0.244 e. The zero-order valence-corrected chi connectivity index (χ0v) is 20.3. The summed E-state index contributed by atoms with van der Waals surface area (Å²) in [6, 6.07) is 21.3. The molecule has 1 aliphatic rings. The van der Waals surface area contributed by atoms with E-state index in [1.807, 2.05) is 55.5 Å². The maximum absolute atomic E-state index is 13.5. The molecule has 3 aromatic rings. The number of aryl methyl sites for hydroxylation is 2. The second-order valence-electron chi connectivity index (χ2n) is 8.67. The molecule has 0 bridgehead atoms. The van der Waals surface area contributed by atoms with Gasteiger partial charge < -0.3 is 10.1 Å². The van der Waals surface area contributed by atoms with Crippen LogP contribution in [0.1, 0.15) is 41.1 Å². The predicted molar refractivity (Wildman–Crippen MR) is 132 cm³/mol. The minimum absolute atomic E-state index is 0.0175. The van der Waals surface area contributed by atoms with Crippen molar-refractivity contribution in [3.8, 4) is 5.75 Å². The van der Waals surface area contributed by atoms with E-state index in [0.717, 1.165) is 36.0 Å². The summed E-state index contributed by atoms with van der Waals surface area (Å²) in [5.74, 6) is -0.112. The highest BCUT2D eigenvalue weighted by molar-refractivity contribution is 7.89. The summed E-state index contributed by atoms with van der Waals surface area (Å²) in [7, 11) is -2.60. The Hall–Kier alpha value is -3.16. The van der Waals surface area contributed by atoms with Crippen molar-refractivity contribution >= 4 is 15.9 Å². The highest BCUT2D eigenvalue weighted by atomic mass is 32.2. The van der Waals surface area contributed by atoms with Crippen molar-refractivity contribution in [2.24, 2.45) is 0 Å². The molecule has 7 heteroatoms. The quantitative estimate of drug-likeness (QED) is 0.511. The van der Waals surface area contributed by atoms with E-state index in [1.54, 1.807) is 18.2 Å². The summed E-state index contributed by atoms with van der Waals surface area (Å²) in [5.41, 5.74) is 3.97. The van der Waals surface area contributed by atoms with Crippen molar-refractivity contribution in [2.75, 3.05) is 7.11 Å². The van der Waals surface area contributed by atoms with E-state index in [9.17, 15) is 13.2 Å². The lowest BCUT2D eigenvalue weighted by Gasteiger charge is -2.28. The van der Waals surface area contributed by atoms with Gasteiger partial charge in [0.15, 0.2) is 0 Å². The lowest BCUT2D eigenvalue weighted by atomic mass is 9.87. The summed E-state index contributed by atoms with van der Waals surface area (Å²) in [6.45, 7) is 1.81. The van der Waals surface area contributed by atoms with Crippen LogP contribution in [0.4, 0.5) is 0 Å². The second kappa shape index (κ2) is 10.4. The molecule has 0 saturated heterocycles. The molecule has 178 valence electrons. The van der Waals surface area contributed by atoms with E-state index in [-0.39, 0.29) is 29.0 Å². The third-order valence-electron chi connectivity index (χ3n) is 6.19. The Morgan fingerprint density at radius 3 is 2.56 bits per heavy atom. The highest BCUT2D eigenvalue weighted by Gasteiger charge is 2.30. The Bertz CT molecular complexity index is 1260. The molecular weight excluding hydrogens is 448 g/mol. The lowest BCUT2D eigenvalue weighted by Crippen LogP contribution is -2.49. The minimum atomic E-state index is -4.03. The van der Waals surface area contributed by atoms with E-state index < -0.39 is 16.1 Å². The normalized spacial score (nSPS) is 16.4. The summed E-state index contributed by atoms with van der Waals surface area (Å²) >= 11 is 0. The van der Waals surface area contributed by atoms with E-state index in [4.69, 9.17) is 4.74 Å². The van der Waals surface area contributed by atoms with Gasteiger partial charge in [-0.25, -0.2) is 8.42 Å². The highest BCUT2D eigenvalue weighted by Crippen LogP contribution is 2.30. The molecule has 1 amide bonds. The number of ether oxygens (including phenoxy) is 1. The molecule has 0 aromatic heterocycles. The molecule has 0 heterocycles.